The maximum Gasteiger partial charge on any atom is 0.411 e. The van der Waals surface area contributed by atoms with Gasteiger partial charge in [-0.25, -0.2) is 9.18 Å². The third-order valence-electron chi connectivity index (χ3n) is 5.26. The Bertz CT molecular complexity index is 768. The second kappa shape index (κ2) is 7.53. The molecule has 152 valence electrons. The monoisotopic (exact) mass is 503 g/mol. The summed E-state index contributed by atoms with van der Waals surface area (Å²) in [6.07, 6.45) is 6.88. The van der Waals surface area contributed by atoms with Crippen LogP contribution in [0.1, 0.15) is 26.2 Å². The number of alkyl halides is 1. The largest absolute Gasteiger partial charge is 0.442 e. The molecule has 2 atom stereocenters. The standard InChI is InChI=1S/C18H23FIN5O3/c1-12(26)21-9-14-10-24(17(27)28-14)18(20)5-4-16(15(19)8-18)23-6-7-25(22-11-23)13-2-3-13/h4,8,11,13-14H,2-3,5-7,9-10H2,1H3,(H,21,26)/t14-,18?/m0/s1. The number of hydrazone groups is 1. The van der Waals surface area contributed by atoms with Crippen molar-refractivity contribution in [1.29, 1.82) is 0 Å². The first-order valence-electron chi connectivity index (χ1n) is 9.43. The highest BCUT2D eigenvalue weighted by atomic mass is 127. The fraction of sp³-hybridized carbons (Fsp3) is 0.611. The van der Waals surface area contributed by atoms with E-state index in [0.717, 1.165) is 6.54 Å². The molecule has 2 amide bonds. The Morgan fingerprint density at radius 3 is 2.86 bits per heavy atom. The Morgan fingerprint density at radius 2 is 2.25 bits per heavy atom. The van der Waals surface area contributed by atoms with Gasteiger partial charge in [0.2, 0.25) is 5.91 Å². The minimum Gasteiger partial charge on any atom is -0.442 e. The molecule has 4 aliphatic rings. The molecule has 4 rings (SSSR count). The molecule has 1 saturated carbocycles. The van der Waals surface area contributed by atoms with Crippen LogP contribution in [0.4, 0.5) is 9.18 Å². The maximum atomic E-state index is 15.0. The first-order chi connectivity index (χ1) is 13.4. The fourth-order valence-electron chi connectivity index (χ4n) is 3.58. The average Bonchev–Trinajstić information content (AvgIpc) is 3.42. The molecular formula is C18H23FIN5O3. The zero-order valence-electron chi connectivity index (χ0n) is 15.6. The van der Waals surface area contributed by atoms with Crippen LogP contribution in [0.5, 0.6) is 0 Å². The predicted molar refractivity (Wildman–Crippen MR) is 109 cm³/mol. The third kappa shape index (κ3) is 3.96. The number of allylic oxidation sites excluding steroid dienone is 1. The molecule has 0 radical (unpaired) electrons. The normalized spacial score (nSPS) is 30.2. The van der Waals surface area contributed by atoms with Gasteiger partial charge in [-0.15, -0.1) is 0 Å². The van der Waals surface area contributed by atoms with Crippen LogP contribution in [-0.4, -0.2) is 75.0 Å². The van der Waals surface area contributed by atoms with Gasteiger partial charge in [0, 0.05) is 25.9 Å². The highest BCUT2D eigenvalue weighted by Crippen LogP contribution is 2.40. The summed E-state index contributed by atoms with van der Waals surface area (Å²) in [7, 11) is 0. The van der Waals surface area contributed by atoms with Gasteiger partial charge >= 0.3 is 6.09 Å². The van der Waals surface area contributed by atoms with E-state index in [1.54, 1.807) is 6.34 Å². The number of ether oxygens (including phenoxy) is 1. The number of amides is 2. The lowest BCUT2D eigenvalue weighted by Gasteiger charge is -2.37. The Kier molecular flexibility index (Phi) is 5.23. The molecule has 0 spiro atoms. The minimum absolute atomic E-state index is 0.182. The summed E-state index contributed by atoms with van der Waals surface area (Å²) in [6.45, 7) is 3.43. The number of hydrogen-bond donors (Lipinski definition) is 1. The molecule has 28 heavy (non-hydrogen) atoms. The first kappa shape index (κ1) is 19.5. The van der Waals surface area contributed by atoms with Crippen LogP contribution >= 0.6 is 22.6 Å². The van der Waals surface area contributed by atoms with E-state index in [-0.39, 0.29) is 18.3 Å². The lowest BCUT2D eigenvalue weighted by atomic mass is 10.0. The lowest BCUT2D eigenvalue weighted by molar-refractivity contribution is -0.119. The van der Waals surface area contributed by atoms with E-state index in [9.17, 15) is 14.0 Å². The number of hydrogen-bond acceptors (Lipinski definition) is 6. The van der Waals surface area contributed by atoms with Gasteiger partial charge in [-0.1, -0.05) is 6.08 Å². The van der Waals surface area contributed by atoms with Gasteiger partial charge in [-0.2, -0.15) is 5.10 Å². The minimum atomic E-state index is -0.833. The van der Waals surface area contributed by atoms with Crippen molar-refractivity contribution >= 4 is 40.9 Å². The molecule has 0 aromatic carbocycles. The van der Waals surface area contributed by atoms with Crippen molar-refractivity contribution in [2.75, 3.05) is 26.2 Å². The molecule has 2 aliphatic carbocycles. The van der Waals surface area contributed by atoms with Gasteiger partial charge in [0.25, 0.3) is 0 Å². The molecule has 1 N–H and O–H groups in total. The van der Waals surface area contributed by atoms with Crippen molar-refractivity contribution in [2.24, 2.45) is 5.10 Å². The summed E-state index contributed by atoms with van der Waals surface area (Å²) in [5, 5.41) is 9.15. The smallest absolute Gasteiger partial charge is 0.411 e. The second-order valence-electron chi connectivity index (χ2n) is 7.48. The lowest BCUT2D eigenvalue weighted by Crippen LogP contribution is -2.46. The summed E-state index contributed by atoms with van der Waals surface area (Å²) in [5.41, 5.74) is 0.494. The predicted octanol–water partition coefficient (Wildman–Crippen LogP) is 1.94. The first-order valence-corrected chi connectivity index (χ1v) is 10.5. The topological polar surface area (TPSA) is 77.5 Å². The van der Waals surface area contributed by atoms with Gasteiger partial charge < -0.3 is 15.0 Å². The third-order valence-corrected chi connectivity index (χ3v) is 6.60. The molecule has 1 unspecified atom stereocenters. The fourth-order valence-corrected chi connectivity index (χ4v) is 4.47. The Balaban J connectivity index is 1.41. The van der Waals surface area contributed by atoms with E-state index in [4.69, 9.17) is 4.74 Å². The number of rotatable bonds is 5. The van der Waals surface area contributed by atoms with Crippen molar-refractivity contribution in [3.8, 4) is 0 Å². The molecule has 2 fully saturated rings. The Labute approximate surface area is 176 Å². The summed E-state index contributed by atoms with van der Waals surface area (Å²) in [5.74, 6) is -0.552. The molecule has 2 heterocycles. The number of nitrogens with zero attached hydrogens (tertiary/aromatic N) is 4. The summed E-state index contributed by atoms with van der Waals surface area (Å²) in [6, 6.07) is 0.549. The van der Waals surface area contributed by atoms with Gasteiger partial charge in [-0.05, 0) is 41.5 Å². The zero-order valence-corrected chi connectivity index (χ0v) is 17.8. The quantitative estimate of drug-likeness (QED) is 0.353. The molecular weight excluding hydrogens is 480 g/mol. The van der Waals surface area contributed by atoms with Crippen molar-refractivity contribution in [3.63, 3.8) is 0 Å². The van der Waals surface area contributed by atoms with Crippen LogP contribution in [0.15, 0.2) is 28.8 Å². The van der Waals surface area contributed by atoms with Crippen LogP contribution in [0.2, 0.25) is 0 Å². The van der Waals surface area contributed by atoms with Gasteiger partial charge in [0.05, 0.1) is 25.3 Å². The van der Waals surface area contributed by atoms with E-state index in [1.165, 1.54) is 30.7 Å². The molecule has 0 aromatic heterocycles. The van der Waals surface area contributed by atoms with E-state index < -0.39 is 15.7 Å². The SMILES string of the molecule is CC(=O)NC[C@H]1CN(C2(I)C=C(F)C(N3C=NN(C4CC4)CC3)=CC2)C(=O)O1. The molecule has 0 bridgehead atoms. The van der Waals surface area contributed by atoms with Crippen LogP contribution < -0.4 is 5.32 Å². The molecule has 0 aromatic rings. The number of nitrogens with one attached hydrogen (secondary N) is 1. The number of carbonyl (C=O) groups is 2. The van der Waals surface area contributed by atoms with Crippen molar-refractivity contribution in [2.45, 2.75) is 41.9 Å². The number of halogens is 2. The molecule has 10 heteroatoms. The maximum absolute atomic E-state index is 15.0. The van der Waals surface area contributed by atoms with E-state index >= 15 is 0 Å². The number of carbonyl (C=O) groups excluding carboxylic acids is 2. The van der Waals surface area contributed by atoms with Crippen LogP contribution in [0.25, 0.3) is 0 Å². The van der Waals surface area contributed by atoms with Crippen molar-refractivity contribution in [1.82, 2.24) is 20.1 Å². The summed E-state index contributed by atoms with van der Waals surface area (Å²) >= 11 is 2.09. The van der Waals surface area contributed by atoms with E-state index in [1.807, 2.05) is 11.0 Å². The summed E-state index contributed by atoms with van der Waals surface area (Å²) in [4.78, 5) is 26.7. The molecule has 1 saturated heterocycles. The highest BCUT2D eigenvalue weighted by molar-refractivity contribution is 14.1. The summed E-state index contributed by atoms with van der Waals surface area (Å²) < 4.78 is 19.4. The van der Waals surface area contributed by atoms with Gasteiger partial charge in [-0.3, -0.25) is 14.7 Å². The molecule has 2 aliphatic heterocycles. The van der Waals surface area contributed by atoms with E-state index in [0.29, 0.717) is 31.2 Å². The van der Waals surface area contributed by atoms with Crippen LogP contribution in [0, 0.1) is 0 Å². The Hall–Kier alpha value is -1.85. The average molecular weight is 503 g/mol. The van der Waals surface area contributed by atoms with E-state index in [2.05, 4.69) is 38.0 Å². The van der Waals surface area contributed by atoms with Crippen molar-refractivity contribution < 1.29 is 18.7 Å². The molecule has 8 nitrogen and oxygen atoms in total. The van der Waals surface area contributed by atoms with Crippen LogP contribution in [-0.2, 0) is 9.53 Å². The van der Waals surface area contributed by atoms with Crippen LogP contribution in [0.3, 0.4) is 0 Å². The zero-order chi connectivity index (χ0) is 19.9. The van der Waals surface area contributed by atoms with Crippen molar-refractivity contribution in [3.05, 3.63) is 23.7 Å². The Morgan fingerprint density at radius 1 is 1.46 bits per heavy atom. The van der Waals surface area contributed by atoms with Gasteiger partial charge in [0.15, 0.2) is 0 Å². The highest BCUT2D eigenvalue weighted by Gasteiger charge is 2.45. The number of cyclic esters (lactones) is 1. The second-order valence-corrected chi connectivity index (χ2v) is 9.34. The van der Waals surface area contributed by atoms with Gasteiger partial charge in [0.1, 0.15) is 21.8 Å².